The van der Waals surface area contributed by atoms with Gasteiger partial charge in [0.2, 0.25) is 6.79 Å². The lowest BCUT2D eigenvalue weighted by atomic mass is 9.73. The number of fused-ring (bicyclic) bond motifs is 9. The fourth-order valence-electron chi connectivity index (χ4n) is 10.00. The van der Waals surface area contributed by atoms with Gasteiger partial charge in [0.05, 0.1) is 37.6 Å². The Morgan fingerprint density at radius 1 is 1.02 bits per heavy atom. The maximum absolute atomic E-state index is 14.7. The number of nitrogens with zero attached hydrogens (tertiary/aromatic N) is 2. The van der Waals surface area contributed by atoms with Crippen LogP contribution < -0.4 is 29.0 Å². The van der Waals surface area contributed by atoms with Crippen LogP contribution in [0.5, 0.6) is 40.2 Å². The Hall–Kier alpha value is -4.41. The molecule has 15 heteroatoms. The molecule has 0 amide bonds. The summed E-state index contributed by atoms with van der Waals surface area (Å²) in [5.41, 5.74) is 4.36. The first kappa shape index (κ1) is 35.3. The summed E-state index contributed by atoms with van der Waals surface area (Å²) in [4.78, 5) is 31.7. The zero-order valence-electron chi connectivity index (χ0n) is 30.8. The largest absolute Gasteiger partial charge is 0.504 e. The maximum atomic E-state index is 14.7. The molecule has 10 rings (SSSR count). The monoisotopic (exact) mass is 761 g/mol. The standard InChI is InChI=1S/C39H43N3O11S/c1-16-9-20-10-22-37(46)42-23-13-50-38(47)39(21-12-25(48-5)24(44)11-19(21)7-8-40-39)14-54-36(30(42)29(41(22)4)26(20)31(45)32(16)49-6)28-27(23)35-34(51-15-52-35)17(2)33(28)53-18(3)43/h9,11-12,22-23,29-30,36-37,40,44-46H,7-8,10,13-15H2,1-6H3/t22?,23-,29?,30+,36+,37-,39-/m0/s1. The Kier molecular flexibility index (Phi) is 8.21. The van der Waals surface area contributed by atoms with Crippen LogP contribution >= 0.6 is 11.8 Å². The van der Waals surface area contributed by atoms with E-state index < -0.39 is 47.1 Å². The molecule has 2 unspecified atom stereocenters. The molecule has 4 bridgehead atoms. The van der Waals surface area contributed by atoms with Crippen molar-refractivity contribution in [3.8, 4) is 40.2 Å². The highest BCUT2D eigenvalue weighted by atomic mass is 32.2. The average Bonchev–Trinajstić information content (AvgIpc) is 3.63. The van der Waals surface area contributed by atoms with Crippen LogP contribution in [0.1, 0.15) is 68.8 Å². The number of piperazine rings is 1. The van der Waals surface area contributed by atoms with Gasteiger partial charge in [-0.2, -0.15) is 0 Å². The first-order valence-corrected chi connectivity index (χ1v) is 19.1. The fourth-order valence-corrected chi connectivity index (χ4v) is 11.7. The Balaban J connectivity index is 1.32. The zero-order chi connectivity index (χ0) is 38.0. The molecule has 7 aliphatic heterocycles. The second kappa shape index (κ2) is 12.6. The quantitative estimate of drug-likeness (QED) is 0.226. The van der Waals surface area contributed by atoms with Gasteiger partial charge in [-0.15, -0.1) is 11.8 Å². The summed E-state index contributed by atoms with van der Waals surface area (Å²) in [6.45, 7) is 5.26. The van der Waals surface area contributed by atoms with Crippen LogP contribution in [-0.4, -0.2) is 102 Å². The molecule has 286 valence electrons. The minimum Gasteiger partial charge on any atom is -0.504 e. The smallest absolute Gasteiger partial charge is 0.331 e. The summed E-state index contributed by atoms with van der Waals surface area (Å²) in [5.74, 6) is 0.949. The van der Waals surface area contributed by atoms with Crippen molar-refractivity contribution in [3.63, 3.8) is 0 Å². The molecule has 3 aromatic rings. The van der Waals surface area contributed by atoms with E-state index in [0.717, 1.165) is 16.7 Å². The predicted molar refractivity (Wildman–Crippen MR) is 195 cm³/mol. The van der Waals surface area contributed by atoms with E-state index in [1.807, 2.05) is 31.9 Å². The third kappa shape index (κ3) is 4.74. The molecule has 0 radical (unpaired) electrons. The number of aryl methyl sites for hydroxylation is 1. The number of hydrogen-bond donors (Lipinski definition) is 4. The van der Waals surface area contributed by atoms with Crippen molar-refractivity contribution in [2.45, 2.75) is 74.8 Å². The number of carbonyl (C=O) groups is 2. The lowest BCUT2D eigenvalue weighted by molar-refractivity contribution is -0.186. The van der Waals surface area contributed by atoms with Gasteiger partial charge in [0.15, 0.2) is 40.0 Å². The molecule has 7 atom stereocenters. The Morgan fingerprint density at radius 3 is 2.54 bits per heavy atom. The normalized spacial score (nSPS) is 29.4. The van der Waals surface area contributed by atoms with Crippen molar-refractivity contribution in [1.82, 2.24) is 15.1 Å². The highest BCUT2D eigenvalue weighted by Gasteiger charge is 2.61. The number of benzene rings is 3. The molecule has 2 saturated heterocycles. The van der Waals surface area contributed by atoms with Crippen LogP contribution in [0.2, 0.25) is 0 Å². The second-order valence-corrected chi connectivity index (χ2v) is 16.1. The molecule has 7 heterocycles. The van der Waals surface area contributed by atoms with Crippen LogP contribution in [0.3, 0.4) is 0 Å². The van der Waals surface area contributed by atoms with Crippen molar-refractivity contribution in [2.75, 3.05) is 47.0 Å². The van der Waals surface area contributed by atoms with Gasteiger partial charge in [-0.1, -0.05) is 6.07 Å². The van der Waals surface area contributed by atoms with E-state index in [-0.39, 0.29) is 42.4 Å². The molecule has 0 aromatic heterocycles. The van der Waals surface area contributed by atoms with E-state index in [0.29, 0.717) is 70.2 Å². The molecule has 0 aliphatic carbocycles. The van der Waals surface area contributed by atoms with Crippen LogP contribution in [0, 0.1) is 13.8 Å². The lowest BCUT2D eigenvalue weighted by Gasteiger charge is -2.62. The number of phenolic OH excluding ortho intramolecular Hbond substituents is 2. The zero-order valence-corrected chi connectivity index (χ0v) is 31.7. The highest BCUT2D eigenvalue weighted by Crippen LogP contribution is 2.64. The number of aliphatic hydroxyl groups is 1. The van der Waals surface area contributed by atoms with Crippen LogP contribution in [-0.2, 0) is 32.7 Å². The number of likely N-dealkylation sites (N-methyl/N-ethyl adjacent to an activating group) is 1. The summed E-state index contributed by atoms with van der Waals surface area (Å²) in [7, 11) is 4.96. The maximum Gasteiger partial charge on any atom is 0.331 e. The number of phenols is 2. The van der Waals surface area contributed by atoms with Gasteiger partial charge in [-0.25, -0.2) is 4.79 Å². The third-order valence-electron chi connectivity index (χ3n) is 12.3. The lowest BCUT2D eigenvalue weighted by Crippen LogP contribution is -2.70. The van der Waals surface area contributed by atoms with E-state index in [9.17, 15) is 24.9 Å². The Labute approximate surface area is 316 Å². The number of nitrogens with one attached hydrogen (secondary N) is 1. The Bertz CT molecular complexity index is 2130. The minimum atomic E-state index is -1.36. The fraction of sp³-hybridized carbons (Fsp3) is 0.487. The third-order valence-corrected chi connectivity index (χ3v) is 13.7. The number of hydrogen-bond acceptors (Lipinski definition) is 15. The second-order valence-electron chi connectivity index (χ2n) is 14.9. The molecule has 1 spiro atoms. The topological polar surface area (TPSA) is 169 Å². The van der Waals surface area contributed by atoms with Gasteiger partial charge in [0.1, 0.15) is 18.6 Å². The molecule has 4 N–H and O–H groups in total. The number of esters is 2. The van der Waals surface area contributed by atoms with Crippen molar-refractivity contribution < 1.29 is 53.3 Å². The van der Waals surface area contributed by atoms with Gasteiger partial charge < -0.3 is 43.7 Å². The summed E-state index contributed by atoms with van der Waals surface area (Å²) >= 11 is 1.47. The summed E-state index contributed by atoms with van der Waals surface area (Å²) in [5, 5.41) is 38.2. The van der Waals surface area contributed by atoms with Crippen molar-refractivity contribution in [1.29, 1.82) is 0 Å². The molecule has 14 nitrogen and oxygen atoms in total. The first-order chi connectivity index (χ1) is 25.9. The van der Waals surface area contributed by atoms with Crippen molar-refractivity contribution >= 4 is 23.7 Å². The SMILES string of the molecule is COc1cc2c(cc1O)CCN[C@@]21CS[C@@H]2c3c(OC(C)=O)c(C)c4c(c3[C@H](COC1=O)N1[C@@H]2C2c3c(cc(C)c(OC)c3O)CC([C@@H]1O)N2C)OCO4. The number of carbonyl (C=O) groups excluding carboxylic acids is 2. The number of aromatic hydroxyl groups is 2. The Morgan fingerprint density at radius 2 is 1.80 bits per heavy atom. The number of aliphatic hydroxyl groups excluding tert-OH is 1. The van der Waals surface area contributed by atoms with E-state index in [2.05, 4.69) is 10.2 Å². The number of ether oxygens (including phenoxy) is 6. The van der Waals surface area contributed by atoms with Gasteiger partial charge in [0.25, 0.3) is 0 Å². The van der Waals surface area contributed by atoms with E-state index >= 15 is 0 Å². The highest BCUT2D eigenvalue weighted by molar-refractivity contribution is 7.99. The van der Waals surface area contributed by atoms with Crippen molar-refractivity contribution in [2.24, 2.45) is 0 Å². The summed E-state index contributed by atoms with van der Waals surface area (Å²) < 4.78 is 35.9. The van der Waals surface area contributed by atoms with Gasteiger partial charge in [-0.05, 0) is 68.1 Å². The van der Waals surface area contributed by atoms with E-state index in [1.54, 1.807) is 12.1 Å². The van der Waals surface area contributed by atoms with Gasteiger partial charge in [0, 0.05) is 47.5 Å². The summed E-state index contributed by atoms with van der Waals surface area (Å²) in [6, 6.07) is 3.13. The van der Waals surface area contributed by atoms with Gasteiger partial charge >= 0.3 is 11.9 Å². The van der Waals surface area contributed by atoms with E-state index in [4.69, 9.17) is 28.4 Å². The number of thioether (sulfide) groups is 1. The van der Waals surface area contributed by atoms with E-state index in [1.165, 1.54) is 32.9 Å². The molecule has 3 aromatic carbocycles. The first-order valence-electron chi connectivity index (χ1n) is 18.1. The molecular formula is C39H43N3O11S. The number of methoxy groups -OCH3 is 2. The molecule has 2 fully saturated rings. The van der Waals surface area contributed by atoms with Crippen LogP contribution in [0.4, 0.5) is 0 Å². The minimum absolute atomic E-state index is 0.0226. The number of rotatable bonds is 3. The van der Waals surface area contributed by atoms with Crippen molar-refractivity contribution in [3.05, 3.63) is 62.7 Å². The van der Waals surface area contributed by atoms with Gasteiger partial charge in [-0.3, -0.25) is 19.9 Å². The summed E-state index contributed by atoms with van der Waals surface area (Å²) in [6.07, 6.45) is -0.0282. The molecule has 7 aliphatic rings. The van der Waals surface area contributed by atoms with Crippen LogP contribution in [0.15, 0.2) is 18.2 Å². The average molecular weight is 762 g/mol. The molecule has 54 heavy (non-hydrogen) atoms. The van der Waals surface area contributed by atoms with Crippen LogP contribution in [0.25, 0.3) is 0 Å². The molecular weight excluding hydrogens is 719 g/mol. The predicted octanol–water partition coefficient (Wildman–Crippen LogP) is 3.41. The molecule has 0 saturated carbocycles.